The van der Waals surface area contributed by atoms with Gasteiger partial charge in [0.2, 0.25) is 0 Å². The van der Waals surface area contributed by atoms with Crippen molar-refractivity contribution >= 4 is 201 Å². The molecule has 0 unspecified atom stereocenters. The van der Waals surface area contributed by atoms with Gasteiger partial charge in [0, 0.05) is 76.9 Å². The molecule has 0 fully saturated rings. The van der Waals surface area contributed by atoms with Crippen molar-refractivity contribution in [1.29, 1.82) is 0 Å². The van der Waals surface area contributed by atoms with E-state index in [9.17, 15) is 0 Å². The van der Waals surface area contributed by atoms with E-state index in [2.05, 4.69) is 480 Å². The summed E-state index contributed by atoms with van der Waals surface area (Å²) in [7, 11) is 0. The van der Waals surface area contributed by atoms with Crippen LogP contribution < -0.4 is 4.90 Å². The van der Waals surface area contributed by atoms with Crippen molar-refractivity contribution in [1.82, 2.24) is 18.3 Å². The SMILES string of the molecule is CC1(C)c2ccccc2N(c2ccccc2)c2cc3c4cc(F)ccc4n(-c4ccc5c6ccccc6c6ccccc6c5c4)c3cc21.c1ccc(-c2ccc3c(c2)c2ccc4c(c5ccccc5n4-c4ccccc4)c2n3-c2ccc3c4ccccc4c4ccccc4c3c2)cc1.c1ccc2c(c1)Cc1cc3c(cc1-2)c1ccccc1n3-c1ccc2c3ccccc3c3ccccc3c2c1. The Morgan fingerprint density at radius 3 is 1.14 bits per heavy atom. The van der Waals surface area contributed by atoms with E-state index in [-0.39, 0.29) is 11.2 Å². The van der Waals surface area contributed by atoms with E-state index in [4.69, 9.17) is 0 Å². The van der Waals surface area contributed by atoms with Crippen LogP contribution in [0.3, 0.4) is 0 Å². The zero-order chi connectivity index (χ0) is 89.7. The van der Waals surface area contributed by atoms with Gasteiger partial charge in [-0.25, -0.2) is 4.39 Å². The molecule has 0 radical (unpaired) electrons. The van der Waals surface area contributed by atoms with Crippen LogP contribution in [0, 0.1) is 5.82 Å². The molecule has 30 rings (SSSR count). The number of benzene rings is 24. The fraction of sp³-hybridized carbons (Fsp3) is 0.0308. The maximum Gasteiger partial charge on any atom is 0.123 e. The number of halogens is 1. The Hall–Kier alpha value is -17.5. The minimum atomic E-state index is -0.267. The van der Waals surface area contributed by atoms with Crippen LogP contribution in [0.2, 0.25) is 0 Å². The largest absolute Gasteiger partial charge is 0.310 e. The number of anilines is 3. The number of aromatic nitrogens is 4. The molecule has 0 bridgehead atoms. The van der Waals surface area contributed by atoms with Crippen LogP contribution in [-0.2, 0) is 11.8 Å². The summed E-state index contributed by atoms with van der Waals surface area (Å²) in [6.45, 7) is 4.64. The van der Waals surface area contributed by atoms with Crippen molar-refractivity contribution in [3.05, 3.63) is 489 Å². The number of hydrogen-bond acceptors (Lipinski definition) is 1. The van der Waals surface area contributed by atoms with Gasteiger partial charge in [0.15, 0.2) is 0 Å². The number of rotatable bonds is 6. The summed E-state index contributed by atoms with van der Waals surface area (Å²) in [4.78, 5) is 2.37. The van der Waals surface area contributed by atoms with Crippen molar-refractivity contribution in [2.24, 2.45) is 0 Å². The molecule has 0 saturated heterocycles. The van der Waals surface area contributed by atoms with Gasteiger partial charge in [0.05, 0.1) is 55.5 Å². The summed E-state index contributed by atoms with van der Waals surface area (Å²) in [5, 5.41) is 32.6. The Balaban J connectivity index is 0.000000102. The first-order chi connectivity index (χ1) is 67.2. The third-order valence-electron chi connectivity index (χ3n) is 29.8. The summed E-state index contributed by atoms with van der Waals surface area (Å²) in [6, 6.07) is 167. The van der Waals surface area contributed by atoms with Crippen LogP contribution in [0.4, 0.5) is 21.5 Å². The Kier molecular flexibility index (Phi) is 17.1. The molecule has 2 aliphatic rings. The molecule has 0 spiro atoms. The second kappa shape index (κ2) is 30.0. The molecule has 4 aromatic heterocycles. The third-order valence-corrected chi connectivity index (χ3v) is 29.8. The molecular weight excluding hydrogens is 1650 g/mol. The number of fused-ring (bicyclic) bond motifs is 36. The molecule has 636 valence electrons. The van der Waals surface area contributed by atoms with E-state index in [0.717, 1.165) is 56.7 Å². The van der Waals surface area contributed by atoms with Gasteiger partial charge in [-0.2, -0.15) is 0 Å². The van der Waals surface area contributed by atoms with Crippen LogP contribution in [-0.4, -0.2) is 18.3 Å². The lowest BCUT2D eigenvalue weighted by atomic mass is 9.73. The van der Waals surface area contributed by atoms with Gasteiger partial charge in [-0.05, 0) is 287 Å². The Bertz CT molecular complexity index is 9860. The van der Waals surface area contributed by atoms with Gasteiger partial charge in [-0.15, -0.1) is 0 Å². The van der Waals surface area contributed by atoms with Gasteiger partial charge in [-0.3, -0.25) is 0 Å². The zero-order valence-electron chi connectivity index (χ0n) is 74.7. The van der Waals surface area contributed by atoms with E-state index < -0.39 is 0 Å². The predicted octanol–water partition coefficient (Wildman–Crippen LogP) is 35.3. The molecule has 0 saturated carbocycles. The molecular formula is C130H84FN5. The van der Waals surface area contributed by atoms with Crippen LogP contribution in [0.1, 0.15) is 36.1 Å². The topological polar surface area (TPSA) is 23.0 Å². The highest BCUT2D eigenvalue weighted by atomic mass is 19.1. The lowest BCUT2D eigenvalue weighted by Gasteiger charge is -2.42. The molecule has 28 aromatic rings. The van der Waals surface area contributed by atoms with Crippen LogP contribution in [0.5, 0.6) is 0 Å². The lowest BCUT2D eigenvalue weighted by Crippen LogP contribution is -2.30. The maximum atomic E-state index is 15.1. The number of para-hydroxylation sites is 5. The smallest absolute Gasteiger partial charge is 0.123 e. The normalized spacial score (nSPS) is 12.8. The Labute approximate surface area is 783 Å². The lowest BCUT2D eigenvalue weighted by molar-refractivity contribution is 0.629. The van der Waals surface area contributed by atoms with Crippen molar-refractivity contribution in [3.63, 3.8) is 0 Å². The number of hydrogen-bond donors (Lipinski definition) is 0. The van der Waals surface area contributed by atoms with Crippen molar-refractivity contribution in [3.8, 4) is 45.0 Å². The highest BCUT2D eigenvalue weighted by Gasteiger charge is 2.38. The van der Waals surface area contributed by atoms with Crippen LogP contribution >= 0.6 is 0 Å². The van der Waals surface area contributed by atoms with Crippen molar-refractivity contribution < 1.29 is 4.39 Å². The summed E-state index contributed by atoms with van der Waals surface area (Å²) in [5.41, 5.74) is 27.7. The van der Waals surface area contributed by atoms with Crippen LogP contribution in [0.15, 0.2) is 461 Å². The summed E-state index contributed by atoms with van der Waals surface area (Å²) < 4.78 is 24.8. The monoisotopic (exact) mass is 1730 g/mol. The molecule has 5 heterocycles. The molecule has 1 aliphatic carbocycles. The summed E-state index contributed by atoms with van der Waals surface area (Å²) in [5.74, 6) is -0.235. The molecule has 0 N–H and O–H groups in total. The van der Waals surface area contributed by atoms with E-state index in [1.54, 1.807) is 12.1 Å². The first kappa shape index (κ1) is 77.3. The van der Waals surface area contributed by atoms with Crippen LogP contribution in [0.25, 0.3) is 229 Å². The standard InChI is InChI=1S/C48H30N2.C45H31FN2.C37H23N/c1-3-13-31(14-4-1)32-23-27-45-43(29-32)40-26-28-46-47(41-21-11-12-22-44(41)49(46)33-15-5-2-6-16-33)48(40)50(45)34-24-25-39-37-19-8-7-17-35(37)36-18-9-10-20-38(36)42(39)30-34;1-45(2)39-18-10-11-19-42(39)47(29-12-4-3-5-13-29)44-26-38-37-24-28(46)20-23-41(37)48(43(38)27-40(44)45)30-21-22-35-33-16-7-6-14-31(33)32-15-8-9-17-34(32)36(35)25-30;1-2-10-26-23(9-1)19-24-20-37-35(22-33(24)26)32-15-7-8-16-36(32)38(37)25-17-18-31-29-13-4-3-11-27(29)28-12-5-6-14-30(28)34(31)21-25/h1-30H;3-27H,1-2H3;1-18,20-22H,19H2. The molecule has 0 atom stereocenters. The highest BCUT2D eigenvalue weighted by Crippen LogP contribution is 2.56. The maximum absolute atomic E-state index is 15.1. The summed E-state index contributed by atoms with van der Waals surface area (Å²) >= 11 is 0. The minimum absolute atomic E-state index is 0.235. The fourth-order valence-corrected chi connectivity index (χ4v) is 23.8. The molecule has 24 aromatic carbocycles. The van der Waals surface area contributed by atoms with Gasteiger partial charge >= 0.3 is 0 Å². The quantitative estimate of drug-likeness (QED) is 0.152. The molecule has 6 heteroatoms. The number of nitrogens with zero attached hydrogens (tertiary/aromatic N) is 5. The summed E-state index contributed by atoms with van der Waals surface area (Å²) in [6.07, 6.45) is 0.997. The van der Waals surface area contributed by atoms with E-state index in [1.807, 2.05) is 6.07 Å². The molecule has 136 heavy (non-hydrogen) atoms. The van der Waals surface area contributed by atoms with Gasteiger partial charge < -0.3 is 23.2 Å². The Morgan fingerprint density at radius 1 is 0.199 bits per heavy atom. The zero-order valence-corrected chi connectivity index (χ0v) is 74.7. The second-order valence-corrected chi connectivity index (χ2v) is 37.3. The third kappa shape index (κ3) is 11.6. The van der Waals surface area contributed by atoms with E-state index in [1.165, 1.54) is 218 Å². The van der Waals surface area contributed by atoms with E-state index >= 15 is 4.39 Å². The average Bonchev–Trinajstić information content (AvgIpc) is 1.52. The average molecular weight is 1740 g/mol. The fourth-order valence-electron chi connectivity index (χ4n) is 23.8. The first-order valence-electron chi connectivity index (χ1n) is 47.2. The Morgan fingerprint density at radius 2 is 0.581 bits per heavy atom. The van der Waals surface area contributed by atoms with Gasteiger partial charge in [-0.1, -0.05) is 335 Å². The van der Waals surface area contributed by atoms with Gasteiger partial charge in [0.25, 0.3) is 0 Å². The molecule has 0 amide bonds. The van der Waals surface area contributed by atoms with Gasteiger partial charge in [0.1, 0.15) is 5.82 Å². The molecule has 5 nitrogen and oxygen atoms in total. The molecule has 1 aliphatic heterocycles. The minimum Gasteiger partial charge on any atom is -0.310 e. The van der Waals surface area contributed by atoms with Crippen molar-refractivity contribution in [2.75, 3.05) is 4.90 Å². The highest BCUT2D eigenvalue weighted by molar-refractivity contribution is 6.31. The van der Waals surface area contributed by atoms with E-state index in [0.29, 0.717) is 0 Å². The first-order valence-corrected chi connectivity index (χ1v) is 47.2. The predicted molar refractivity (Wildman–Crippen MR) is 575 cm³/mol. The second-order valence-electron chi connectivity index (χ2n) is 37.3. The van der Waals surface area contributed by atoms with Crippen molar-refractivity contribution in [2.45, 2.75) is 25.7 Å².